The summed E-state index contributed by atoms with van der Waals surface area (Å²) < 4.78 is 38.8. The highest BCUT2D eigenvalue weighted by atomic mass is 19.4. The molecule has 0 radical (unpaired) electrons. The predicted molar refractivity (Wildman–Crippen MR) is 82.1 cm³/mol. The molecule has 1 aromatic rings. The molecule has 6 heteroatoms. The van der Waals surface area contributed by atoms with Crippen molar-refractivity contribution < 1.29 is 18.3 Å². The highest BCUT2D eigenvalue weighted by Gasteiger charge is 2.34. The normalized spacial score (nSPS) is 13.8. The molecule has 1 heterocycles. The van der Waals surface area contributed by atoms with Gasteiger partial charge >= 0.3 is 6.18 Å². The molecule has 1 aromatic heterocycles. The SMILES string of the molecule is C=Cc1cc(C(F)(F)F)nc(C(O)CNC(C)(C)C)c1C=C. The molecule has 1 rings (SSSR count). The van der Waals surface area contributed by atoms with Crippen LogP contribution in [0, 0.1) is 0 Å². The van der Waals surface area contributed by atoms with Gasteiger partial charge in [-0.1, -0.05) is 25.3 Å². The van der Waals surface area contributed by atoms with Crippen LogP contribution in [0.5, 0.6) is 0 Å². The summed E-state index contributed by atoms with van der Waals surface area (Å²) in [6.07, 6.45) is -3.11. The van der Waals surface area contributed by atoms with Crippen LogP contribution in [0.15, 0.2) is 19.2 Å². The minimum absolute atomic E-state index is 0.0588. The van der Waals surface area contributed by atoms with Gasteiger partial charge in [0.05, 0.1) is 5.69 Å². The zero-order valence-electron chi connectivity index (χ0n) is 13.0. The van der Waals surface area contributed by atoms with E-state index in [2.05, 4.69) is 23.5 Å². The lowest BCUT2D eigenvalue weighted by atomic mass is 10.0. The molecular weight excluding hydrogens is 293 g/mol. The fourth-order valence-corrected chi connectivity index (χ4v) is 1.89. The van der Waals surface area contributed by atoms with E-state index in [1.807, 2.05) is 20.8 Å². The summed E-state index contributed by atoms with van der Waals surface area (Å²) >= 11 is 0. The highest BCUT2D eigenvalue weighted by molar-refractivity contribution is 5.66. The fraction of sp³-hybridized carbons (Fsp3) is 0.438. The number of rotatable bonds is 5. The Balaban J connectivity index is 3.31. The molecule has 0 spiro atoms. The van der Waals surface area contributed by atoms with Gasteiger partial charge in [0.2, 0.25) is 0 Å². The van der Waals surface area contributed by atoms with E-state index in [0.717, 1.165) is 6.07 Å². The van der Waals surface area contributed by atoms with Crippen molar-refractivity contribution in [3.05, 3.63) is 41.7 Å². The molecule has 0 fully saturated rings. The summed E-state index contributed by atoms with van der Waals surface area (Å²) in [6, 6.07) is 0.900. The van der Waals surface area contributed by atoms with Crippen molar-refractivity contribution in [1.29, 1.82) is 0 Å². The van der Waals surface area contributed by atoms with Crippen molar-refractivity contribution in [1.82, 2.24) is 10.3 Å². The van der Waals surface area contributed by atoms with Gasteiger partial charge in [0.25, 0.3) is 0 Å². The Morgan fingerprint density at radius 3 is 2.27 bits per heavy atom. The van der Waals surface area contributed by atoms with Gasteiger partial charge in [0.1, 0.15) is 11.8 Å². The van der Waals surface area contributed by atoms with Crippen LogP contribution in [0.2, 0.25) is 0 Å². The van der Waals surface area contributed by atoms with E-state index in [1.165, 1.54) is 12.2 Å². The van der Waals surface area contributed by atoms with E-state index in [1.54, 1.807) is 0 Å². The van der Waals surface area contributed by atoms with Crippen LogP contribution < -0.4 is 5.32 Å². The van der Waals surface area contributed by atoms with Gasteiger partial charge in [-0.3, -0.25) is 0 Å². The van der Waals surface area contributed by atoms with Crippen molar-refractivity contribution in [2.24, 2.45) is 0 Å². The van der Waals surface area contributed by atoms with Crippen LogP contribution in [0.1, 0.15) is 49.4 Å². The topological polar surface area (TPSA) is 45.2 Å². The maximum absolute atomic E-state index is 12.9. The summed E-state index contributed by atoms with van der Waals surface area (Å²) in [5.74, 6) is 0. The number of nitrogens with one attached hydrogen (secondary N) is 1. The molecule has 0 aliphatic carbocycles. The van der Waals surface area contributed by atoms with Gasteiger partial charge in [-0.2, -0.15) is 13.2 Å². The maximum Gasteiger partial charge on any atom is 0.433 e. The number of hydrogen-bond donors (Lipinski definition) is 2. The zero-order valence-corrected chi connectivity index (χ0v) is 13.0. The minimum atomic E-state index is -4.59. The first-order valence-corrected chi connectivity index (χ1v) is 6.79. The smallest absolute Gasteiger partial charge is 0.385 e. The second-order valence-electron chi connectivity index (χ2n) is 5.95. The van der Waals surface area contributed by atoms with Crippen LogP contribution >= 0.6 is 0 Å². The molecule has 0 saturated carbocycles. The van der Waals surface area contributed by atoms with E-state index in [-0.39, 0.29) is 23.3 Å². The number of pyridine rings is 1. The third-order valence-corrected chi connectivity index (χ3v) is 2.98. The van der Waals surface area contributed by atoms with E-state index >= 15 is 0 Å². The summed E-state index contributed by atoms with van der Waals surface area (Å²) in [7, 11) is 0. The Labute approximate surface area is 128 Å². The molecule has 122 valence electrons. The minimum Gasteiger partial charge on any atom is -0.385 e. The van der Waals surface area contributed by atoms with E-state index in [4.69, 9.17) is 0 Å². The van der Waals surface area contributed by atoms with Crippen LogP contribution in [0.4, 0.5) is 13.2 Å². The van der Waals surface area contributed by atoms with Gasteiger partial charge < -0.3 is 10.4 Å². The first-order valence-electron chi connectivity index (χ1n) is 6.79. The lowest BCUT2D eigenvalue weighted by Crippen LogP contribution is -2.39. The van der Waals surface area contributed by atoms with Crippen LogP contribution in [-0.4, -0.2) is 22.2 Å². The number of halogens is 3. The summed E-state index contributed by atoms with van der Waals surface area (Å²) in [6.45, 7) is 12.8. The van der Waals surface area contributed by atoms with Gasteiger partial charge in [0, 0.05) is 17.6 Å². The Morgan fingerprint density at radius 1 is 1.27 bits per heavy atom. The van der Waals surface area contributed by atoms with E-state index in [0.29, 0.717) is 5.56 Å². The zero-order chi connectivity index (χ0) is 17.1. The second kappa shape index (κ2) is 6.62. The Kier molecular flexibility index (Phi) is 5.54. The molecule has 1 unspecified atom stereocenters. The van der Waals surface area contributed by atoms with Crippen molar-refractivity contribution in [2.75, 3.05) is 6.54 Å². The number of aromatic nitrogens is 1. The standard InChI is InChI=1S/C16H21F3N2O/c1-6-10-8-13(16(17,18)19)21-14(11(10)7-2)12(22)9-20-15(3,4)5/h6-8,12,20,22H,1-2,9H2,3-5H3. The molecule has 0 aliphatic heterocycles. The molecule has 2 N–H and O–H groups in total. The lowest BCUT2D eigenvalue weighted by Gasteiger charge is -2.24. The first-order chi connectivity index (χ1) is 9.99. The van der Waals surface area contributed by atoms with Crippen molar-refractivity contribution in [2.45, 2.75) is 38.6 Å². The van der Waals surface area contributed by atoms with Crippen LogP contribution in [0.3, 0.4) is 0 Å². The molecule has 22 heavy (non-hydrogen) atoms. The third-order valence-electron chi connectivity index (χ3n) is 2.98. The van der Waals surface area contributed by atoms with Crippen LogP contribution in [0.25, 0.3) is 12.2 Å². The van der Waals surface area contributed by atoms with Crippen molar-refractivity contribution in [3.8, 4) is 0 Å². The van der Waals surface area contributed by atoms with Crippen molar-refractivity contribution in [3.63, 3.8) is 0 Å². The average Bonchev–Trinajstić information content (AvgIpc) is 2.41. The largest absolute Gasteiger partial charge is 0.433 e. The van der Waals surface area contributed by atoms with Gasteiger partial charge in [-0.15, -0.1) is 0 Å². The molecular formula is C16H21F3N2O. The number of aliphatic hydroxyl groups excluding tert-OH is 1. The molecule has 0 aliphatic rings. The van der Waals surface area contributed by atoms with Gasteiger partial charge in [-0.25, -0.2) is 4.98 Å². The summed E-state index contributed by atoms with van der Waals surface area (Å²) in [4.78, 5) is 3.59. The number of β-amino-alcohol motifs (C(OH)–C–C–N with tert-alkyl or cyclic N) is 1. The summed E-state index contributed by atoms with van der Waals surface area (Å²) in [5, 5.41) is 13.3. The Hall–Kier alpha value is -1.66. The third kappa shape index (κ3) is 4.68. The quantitative estimate of drug-likeness (QED) is 0.869. The van der Waals surface area contributed by atoms with E-state index in [9.17, 15) is 18.3 Å². The number of nitrogens with zero attached hydrogens (tertiary/aromatic N) is 1. The van der Waals surface area contributed by atoms with Crippen molar-refractivity contribution >= 4 is 12.2 Å². The average molecular weight is 314 g/mol. The first kappa shape index (κ1) is 18.4. The molecule has 0 aromatic carbocycles. The number of aliphatic hydroxyl groups is 1. The molecule has 3 nitrogen and oxygen atoms in total. The monoisotopic (exact) mass is 314 g/mol. The predicted octanol–water partition coefficient (Wildman–Crippen LogP) is 3.81. The van der Waals surface area contributed by atoms with Gasteiger partial charge in [-0.05, 0) is 32.4 Å². The molecule has 0 amide bonds. The summed E-state index contributed by atoms with van der Waals surface area (Å²) in [5.41, 5.74) is -0.805. The molecule has 1 atom stereocenters. The van der Waals surface area contributed by atoms with Crippen LogP contribution in [-0.2, 0) is 6.18 Å². The van der Waals surface area contributed by atoms with E-state index < -0.39 is 18.0 Å². The highest BCUT2D eigenvalue weighted by Crippen LogP contribution is 2.32. The molecule has 0 saturated heterocycles. The lowest BCUT2D eigenvalue weighted by molar-refractivity contribution is -0.141. The fourth-order valence-electron chi connectivity index (χ4n) is 1.89. The molecule has 0 bridgehead atoms. The Bertz CT molecular complexity index is 560. The Morgan fingerprint density at radius 2 is 1.86 bits per heavy atom. The maximum atomic E-state index is 12.9. The second-order valence-corrected chi connectivity index (χ2v) is 5.95. The van der Waals surface area contributed by atoms with Gasteiger partial charge in [0.15, 0.2) is 0 Å². The number of alkyl halides is 3. The number of hydrogen-bond acceptors (Lipinski definition) is 3.